The van der Waals surface area contributed by atoms with Crippen LogP contribution in [0.5, 0.6) is 0 Å². The molecule has 0 aromatic heterocycles. The Hall–Kier alpha value is -0.0800. The van der Waals surface area contributed by atoms with Crippen molar-refractivity contribution < 1.29 is 0 Å². The summed E-state index contributed by atoms with van der Waals surface area (Å²) in [7, 11) is 0. The van der Waals surface area contributed by atoms with Gasteiger partial charge in [-0.2, -0.15) is 0 Å². The van der Waals surface area contributed by atoms with Crippen LogP contribution in [-0.2, 0) is 0 Å². The highest BCUT2D eigenvalue weighted by Gasteiger charge is 2.25. The lowest BCUT2D eigenvalue weighted by atomic mass is 10.1. The molecule has 1 aliphatic rings. The van der Waals surface area contributed by atoms with Crippen molar-refractivity contribution in [1.29, 1.82) is 0 Å². The highest BCUT2D eigenvalue weighted by molar-refractivity contribution is 4.84. The van der Waals surface area contributed by atoms with Crippen molar-refractivity contribution in [3.63, 3.8) is 0 Å². The van der Waals surface area contributed by atoms with Crippen molar-refractivity contribution in [2.24, 2.45) is 5.92 Å². The molecular weight excluding hydrogens is 196 g/mol. The van der Waals surface area contributed by atoms with Crippen LogP contribution in [-0.4, -0.2) is 36.1 Å². The minimum absolute atomic E-state index is 0.661. The van der Waals surface area contributed by atoms with Crippen molar-refractivity contribution >= 4 is 0 Å². The summed E-state index contributed by atoms with van der Waals surface area (Å²) >= 11 is 0. The highest BCUT2D eigenvalue weighted by Crippen LogP contribution is 2.19. The Kier molecular flexibility index (Phi) is 5.77. The molecule has 0 bridgehead atoms. The predicted molar refractivity (Wildman–Crippen MR) is 71.8 cm³/mol. The summed E-state index contributed by atoms with van der Waals surface area (Å²) in [5.41, 5.74) is 0. The van der Waals surface area contributed by atoms with E-state index in [1.165, 1.54) is 32.4 Å². The van der Waals surface area contributed by atoms with Crippen LogP contribution in [0.25, 0.3) is 0 Å². The van der Waals surface area contributed by atoms with Crippen LogP contribution in [0.4, 0.5) is 0 Å². The first-order valence-electron chi connectivity index (χ1n) is 7.03. The number of rotatable bonds is 8. The molecule has 1 N–H and O–H groups in total. The Labute approximate surface area is 102 Å². The lowest BCUT2D eigenvalue weighted by Gasteiger charge is -2.36. The van der Waals surface area contributed by atoms with E-state index in [0.717, 1.165) is 12.0 Å². The topological polar surface area (TPSA) is 15.3 Å². The maximum atomic E-state index is 3.67. The van der Waals surface area contributed by atoms with Crippen LogP contribution in [0, 0.1) is 5.92 Å². The Balaban J connectivity index is 2.42. The van der Waals surface area contributed by atoms with Gasteiger partial charge in [-0.05, 0) is 39.0 Å². The molecule has 96 valence electrons. The molecule has 1 atom stereocenters. The Morgan fingerprint density at radius 3 is 2.19 bits per heavy atom. The van der Waals surface area contributed by atoms with Crippen molar-refractivity contribution in [3.8, 4) is 0 Å². The quantitative estimate of drug-likeness (QED) is 0.684. The number of nitrogens with zero attached hydrogens (tertiary/aromatic N) is 1. The zero-order valence-electron chi connectivity index (χ0n) is 11.8. The second-order valence-electron chi connectivity index (χ2n) is 5.93. The average molecular weight is 226 g/mol. The van der Waals surface area contributed by atoms with E-state index < -0.39 is 0 Å². The Bertz CT molecular complexity index is 185. The van der Waals surface area contributed by atoms with Gasteiger partial charge in [0.1, 0.15) is 0 Å². The molecular formula is C14H30N2. The molecule has 1 aliphatic carbocycles. The standard InChI is InChI=1S/C14H30N2/c1-6-14(9-15-13-7-8-13)16(12(4)5)10-11(2)3/h11-15H,6-10H2,1-5H3. The molecule has 1 fully saturated rings. The number of hydrogen-bond donors (Lipinski definition) is 1. The molecule has 1 rings (SSSR count). The van der Waals surface area contributed by atoms with E-state index in [1.807, 2.05) is 0 Å². The van der Waals surface area contributed by atoms with E-state index in [1.54, 1.807) is 0 Å². The molecule has 1 unspecified atom stereocenters. The monoisotopic (exact) mass is 226 g/mol. The normalized spacial score (nSPS) is 18.8. The molecule has 16 heavy (non-hydrogen) atoms. The first kappa shape index (κ1) is 14.0. The van der Waals surface area contributed by atoms with Crippen molar-refractivity contribution in [2.75, 3.05) is 13.1 Å². The summed E-state index contributed by atoms with van der Waals surface area (Å²) in [5.74, 6) is 0.761. The van der Waals surface area contributed by atoms with Gasteiger partial charge in [0, 0.05) is 31.2 Å². The van der Waals surface area contributed by atoms with Gasteiger partial charge in [0.15, 0.2) is 0 Å². The van der Waals surface area contributed by atoms with Crippen LogP contribution in [0.1, 0.15) is 53.9 Å². The molecule has 0 radical (unpaired) electrons. The largest absolute Gasteiger partial charge is 0.312 e. The Morgan fingerprint density at radius 1 is 1.19 bits per heavy atom. The SMILES string of the molecule is CCC(CNC1CC1)N(CC(C)C)C(C)C. The van der Waals surface area contributed by atoms with Gasteiger partial charge in [-0.15, -0.1) is 0 Å². The van der Waals surface area contributed by atoms with Gasteiger partial charge in [-0.3, -0.25) is 4.90 Å². The van der Waals surface area contributed by atoms with Gasteiger partial charge in [-0.1, -0.05) is 20.8 Å². The smallest absolute Gasteiger partial charge is 0.0220 e. The minimum Gasteiger partial charge on any atom is -0.312 e. The average Bonchev–Trinajstić information content (AvgIpc) is 2.99. The lowest BCUT2D eigenvalue weighted by molar-refractivity contribution is 0.128. The van der Waals surface area contributed by atoms with Gasteiger partial charge in [-0.25, -0.2) is 0 Å². The van der Waals surface area contributed by atoms with Crippen molar-refractivity contribution in [3.05, 3.63) is 0 Å². The predicted octanol–water partition coefficient (Wildman–Crippen LogP) is 2.88. The molecule has 1 saturated carbocycles. The van der Waals surface area contributed by atoms with Gasteiger partial charge in [0.2, 0.25) is 0 Å². The maximum Gasteiger partial charge on any atom is 0.0220 e. The zero-order valence-corrected chi connectivity index (χ0v) is 11.8. The first-order valence-corrected chi connectivity index (χ1v) is 7.03. The third-order valence-electron chi connectivity index (χ3n) is 3.40. The van der Waals surface area contributed by atoms with E-state index in [2.05, 4.69) is 44.8 Å². The molecule has 0 saturated heterocycles. The van der Waals surface area contributed by atoms with Gasteiger partial charge < -0.3 is 5.32 Å². The second-order valence-corrected chi connectivity index (χ2v) is 5.93. The summed E-state index contributed by atoms with van der Waals surface area (Å²) in [4.78, 5) is 2.67. The molecule has 0 amide bonds. The van der Waals surface area contributed by atoms with E-state index in [-0.39, 0.29) is 0 Å². The molecule has 0 heterocycles. The fourth-order valence-electron chi connectivity index (χ4n) is 2.29. The number of nitrogens with one attached hydrogen (secondary N) is 1. The van der Waals surface area contributed by atoms with Crippen molar-refractivity contribution in [2.45, 2.75) is 72.0 Å². The Morgan fingerprint density at radius 2 is 1.81 bits per heavy atom. The summed E-state index contributed by atoms with van der Waals surface area (Å²) in [6.45, 7) is 14.0. The minimum atomic E-state index is 0.661. The third kappa shape index (κ3) is 4.84. The summed E-state index contributed by atoms with van der Waals surface area (Å²) in [5, 5.41) is 3.67. The highest BCUT2D eigenvalue weighted by atomic mass is 15.2. The lowest BCUT2D eigenvalue weighted by Crippen LogP contribution is -2.47. The molecule has 2 heteroatoms. The molecule has 0 aromatic carbocycles. The van der Waals surface area contributed by atoms with Crippen LogP contribution >= 0.6 is 0 Å². The van der Waals surface area contributed by atoms with Crippen LogP contribution in [0.2, 0.25) is 0 Å². The molecule has 0 aliphatic heterocycles. The van der Waals surface area contributed by atoms with Gasteiger partial charge >= 0.3 is 0 Å². The summed E-state index contributed by atoms with van der Waals surface area (Å²) in [6, 6.07) is 2.21. The fourth-order valence-corrected chi connectivity index (χ4v) is 2.29. The van der Waals surface area contributed by atoms with Gasteiger partial charge in [0.05, 0.1) is 0 Å². The van der Waals surface area contributed by atoms with E-state index in [9.17, 15) is 0 Å². The molecule has 2 nitrogen and oxygen atoms in total. The van der Waals surface area contributed by atoms with E-state index in [4.69, 9.17) is 0 Å². The fraction of sp³-hybridized carbons (Fsp3) is 1.00. The zero-order chi connectivity index (χ0) is 12.1. The van der Waals surface area contributed by atoms with Crippen LogP contribution < -0.4 is 5.32 Å². The van der Waals surface area contributed by atoms with E-state index >= 15 is 0 Å². The van der Waals surface area contributed by atoms with E-state index in [0.29, 0.717) is 12.1 Å². The maximum absolute atomic E-state index is 3.67. The van der Waals surface area contributed by atoms with Crippen LogP contribution in [0.3, 0.4) is 0 Å². The van der Waals surface area contributed by atoms with Gasteiger partial charge in [0.25, 0.3) is 0 Å². The third-order valence-corrected chi connectivity index (χ3v) is 3.40. The van der Waals surface area contributed by atoms with Crippen molar-refractivity contribution in [1.82, 2.24) is 10.2 Å². The first-order chi connectivity index (χ1) is 7.54. The summed E-state index contributed by atoms with van der Waals surface area (Å²) < 4.78 is 0. The second kappa shape index (κ2) is 6.61. The summed E-state index contributed by atoms with van der Waals surface area (Å²) in [6.07, 6.45) is 4.04. The van der Waals surface area contributed by atoms with Crippen LogP contribution in [0.15, 0.2) is 0 Å². The molecule has 0 aromatic rings. The molecule has 0 spiro atoms. The number of hydrogen-bond acceptors (Lipinski definition) is 2.